The summed E-state index contributed by atoms with van der Waals surface area (Å²) in [5.41, 5.74) is 5.08. The third-order valence-corrected chi connectivity index (χ3v) is 8.40. The Morgan fingerprint density at radius 3 is 2.50 bits per heavy atom. The number of carbonyl (C=O) groups excluding carboxylic acids is 1. The Hall–Kier alpha value is -4.30. The molecule has 1 aliphatic rings. The maximum absolute atomic E-state index is 13.0. The van der Waals surface area contributed by atoms with Crippen LogP contribution in [-0.2, 0) is 10.3 Å². The summed E-state index contributed by atoms with van der Waals surface area (Å²) >= 11 is 6.23. The van der Waals surface area contributed by atoms with E-state index in [1.54, 1.807) is 12.5 Å². The SMILES string of the molecule is CCCCC(=O)NC1(c2ccccc2)CCN(c2ncnc3c2nc(-c2ccncc2C)n3-c2ccc(Cl)cc2)CC1. The largest absolute Gasteiger partial charge is 0.354 e. The lowest BCUT2D eigenvalue weighted by Gasteiger charge is -2.43. The predicted octanol–water partition coefficient (Wildman–Crippen LogP) is 6.64. The number of pyridine rings is 1. The Morgan fingerprint density at radius 2 is 1.79 bits per heavy atom. The van der Waals surface area contributed by atoms with Gasteiger partial charge in [0.05, 0.1) is 5.54 Å². The molecule has 5 aromatic rings. The van der Waals surface area contributed by atoms with Crippen molar-refractivity contribution in [2.45, 2.75) is 51.5 Å². The molecule has 4 heterocycles. The minimum Gasteiger partial charge on any atom is -0.354 e. The van der Waals surface area contributed by atoms with Gasteiger partial charge in [0, 0.05) is 48.2 Å². The maximum atomic E-state index is 13.0. The van der Waals surface area contributed by atoms with Gasteiger partial charge in [-0.15, -0.1) is 0 Å². The summed E-state index contributed by atoms with van der Waals surface area (Å²) in [7, 11) is 0. The van der Waals surface area contributed by atoms with Crippen molar-refractivity contribution in [3.8, 4) is 17.1 Å². The molecule has 1 saturated heterocycles. The van der Waals surface area contributed by atoms with Crippen molar-refractivity contribution < 1.29 is 4.79 Å². The Bertz CT molecular complexity index is 1690. The van der Waals surface area contributed by atoms with Crippen LogP contribution in [0.4, 0.5) is 5.82 Å². The van der Waals surface area contributed by atoms with Gasteiger partial charge in [-0.2, -0.15) is 0 Å². The minimum absolute atomic E-state index is 0.109. The number of rotatable bonds is 8. The molecule has 6 rings (SSSR count). The number of nitrogens with one attached hydrogen (secondary N) is 1. The molecule has 0 atom stereocenters. The van der Waals surface area contributed by atoms with Gasteiger partial charge in [-0.3, -0.25) is 14.3 Å². The van der Waals surface area contributed by atoms with Gasteiger partial charge >= 0.3 is 0 Å². The first-order valence-corrected chi connectivity index (χ1v) is 14.9. The van der Waals surface area contributed by atoms with E-state index in [-0.39, 0.29) is 5.91 Å². The highest BCUT2D eigenvalue weighted by Crippen LogP contribution is 2.37. The average Bonchev–Trinajstić information content (AvgIpc) is 3.41. The van der Waals surface area contributed by atoms with E-state index in [2.05, 4.69) is 38.8 Å². The number of hydrogen-bond donors (Lipinski definition) is 1. The molecule has 0 saturated carbocycles. The molecule has 0 unspecified atom stereocenters. The van der Waals surface area contributed by atoms with Gasteiger partial charge in [-0.25, -0.2) is 15.0 Å². The number of aromatic nitrogens is 5. The molecular formula is C33H34ClN7O. The highest BCUT2D eigenvalue weighted by Gasteiger charge is 2.38. The Kier molecular flexibility index (Phi) is 7.89. The van der Waals surface area contributed by atoms with Crippen molar-refractivity contribution in [2.75, 3.05) is 18.0 Å². The van der Waals surface area contributed by atoms with Gasteiger partial charge in [0.1, 0.15) is 12.2 Å². The lowest BCUT2D eigenvalue weighted by Crippen LogP contribution is -2.53. The molecule has 3 aromatic heterocycles. The summed E-state index contributed by atoms with van der Waals surface area (Å²) in [5.74, 6) is 1.67. The predicted molar refractivity (Wildman–Crippen MR) is 167 cm³/mol. The van der Waals surface area contributed by atoms with Crippen LogP contribution in [0.2, 0.25) is 5.02 Å². The van der Waals surface area contributed by atoms with Gasteiger partial charge in [0.25, 0.3) is 0 Å². The monoisotopic (exact) mass is 579 g/mol. The number of piperidine rings is 1. The first kappa shape index (κ1) is 27.8. The van der Waals surface area contributed by atoms with Crippen molar-refractivity contribution in [3.63, 3.8) is 0 Å². The van der Waals surface area contributed by atoms with Crippen molar-refractivity contribution in [1.29, 1.82) is 0 Å². The topological polar surface area (TPSA) is 88.8 Å². The van der Waals surface area contributed by atoms with Crippen molar-refractivity contribution in [1.82, 2.24) is 29.8 Å². The number of unbranched alkanes of at least 4 members (excludes halogenated alkanes) is 1. The third-order valence-electron chi connectivity index (χ3n) is 8.15. The normalized spacial score (nSPS) is 14.7. The molecule has 2 aromatic carbocycles. The molecule has 1 N–H and O–H groups in total. The molecule has 9 heteroatoms. The molecule has 8 nitrogen and oxygen atoms in total. The summed E-state index contributed by atoms with van der Waals surface area (Å²) in [5, 5.41) is 4.09. The van der Waals surface area contributed by atoms with E-state index in [0.29, 0.717) is 24.5 Å². The van der Waals surface area contributed by atoms with E-state index in [0.717, 1.165) is 70.9 Å². The zero-order valence-electron chi connectivity index (χ0n) is 23.9. The molecule has 0 spiro atoms. The van der Waals surface area contributed by atoms with Crippen molar-refractivity contribution in [2.24, 2.45) is 0 Å². The molecular weight excluding hydrogens is 546 g/mol. The number of fused-ring (bicyclic) bond motifs is 1. The Morgan fingerprint density at radius 1 is 1.02 bits per heavy atom. The molecule has 1 fully saturated rings. The van der Waals surface area contributed by atoms with Crippen LogP contribution in [0.5, 0.6) is 0 Å². The van der Waals surface area contributed by atoms with E-state index in [1.165, 1.54) is 0 Å². The molecule has 0 radical (unpaired) electrons. The van der Waals surface area contributed by atoms with Crippen LogP contribution >= 0.6 is 11.6 Å². The summed E-state index contributed by atoms with van der Waals surface area (Å²) in [6.45, 7) is 5.57. The fourth-order valence-corrected chi connectivity index (χ4v) is 5.99. The number of benzene rings is 2. The number of anilines is 1. The van der Waals surface area contributed by atoms with E-state index in [1.807, 2.05) is 61.7 Å². The zero-order chi connectivity index (χ0) is 29.1. The van der Waals surface area contributed by atoms with Crippen LogP contribution in [0.15, 0.2) is 79.4 Å². The number of nitrogens with zero attached hydrogens (tertiary/aromatic N) is 6. The van der Waals surface area contributed by atoms with Crippen LogP contribution in [0.25, 0.3) is 28.2 Å². The van der Waals surface area contributed by atoms with E-state index in [4.69, 9.17) is 26.6 Å². The number of hydrogen-bond acceptors (Lipinski definition) is 6. The quantitative estimate of drug-likeness (QED) is 0.222. The second-order valence-electron chi connectivity index (χ2n) is 10.9. The second-order valence-corrected chi connectivity index (χ2v) is 11.3. The molecule has 0 bridgehead atoms. The lowest BCUT2D eigenvalue weighted by atomic mass is 9.80. The van der Waals surface area contributed by atoms with Crippen LogP contribution in [0.3, 0.4) is 0 Å². The van der Waals surface area contributed by atoms with E-state index < -0.39 is 5.54 Å². The molecule has 214 valence electrons. The first-order valence-electron chi connectivity index (χ1n) is 14.5. The second kappa shape index (κ2) is 11.9. The summed E-state index contributed by atoms with van der Waals surface area (Å²) in [6.07, 6.45) is 9.17. The number of imidazole rings is 1. The molecule has 42 heavy (non-hydrogen) atoms. The van der Waals surface area contributed by atoms with Crippen molar-refractivity contribution >= 4 is 34.5 Å². The van der Waals surface area contributed by atoms with Gasteiger partial charge in [-0.1, -0.05) is 55.3 Å². The third kappa shape index (κ3) is 5.34. The fraction of sp³-hybridized carbons (Fsp3) is 0.303. The number of aryl methyl sites for hydroxylation is 1. The number of carbonyl (C=O) groups is 1. The first-order chi connectivity index (χ1) is 20.5. The minimum atomic E-state index is -0.420. The smallest absolute Gasteiger partial charge is 0.220 e. The standard InChI is InChI=1S/C33H34ClN7O/c1-3-4-10-28(42)39-33(24-8-6-5-7-9-24)16-19-40(20-17-33)31-29-32(37-22-36-31)41(26-13-11-25(34)12-14-26)30(38-29)27-15-18-35-21-23(27)2/h5-9,11-15,18,21-22H,3-4,10,16-17,19-20H2,1-2H3,(H,39,42). The Labute approximate surface area is 250 Å². The van der Waals surface area contributed by atoms with Gasteiger partial charge in [0.2, 0.25) is 5.91 Å². The Balaban J connectivity index is 1.39. The van der Waals surface area contributed by atoms with Crippen molar-refractivity contribution in [3.05, 3.63) is 95.5 Å². The summed E-state index contributed by atoms with van der Waals surface area (Å²) in [4.78, 5) is 34.1. The van der Waals surface area contributed by atoms with Gasteiger partial charge in [-0.05, 0) is 67.6 Å². The molecule has 1 aliphatic heterocycles. The van der Waals surface area contributed by atoms with E-state index in [9.17, 15) is 4.79 Å². The van der Waals surface area contributed by atoms with Crippen LogP contribution in [0.1, 0.15) is 50.2 Å². The van der Waals surface area contributed by atoms with Crippen LogP contribution in [-0.4, -0.2) is 43.5 Å². The summed E-state index contributed by atoms with van der Waals surface area (Å²) < 4.78 is 2.06. The highest BCUT2D eigenvalue weighted by atomic mass is 35.5. The fourth-order valence-electron chi connectivity index (χ4n) is 5.86. The molecule has 1 amide bonds. The van der Waals surface area contributed by atoms with Crippen LogP contribution < -0.4 is 10.2 Å². The van der Waals surface area contributed by atoms with Gasteiger partial charge < -0.3 is 10.2 Å². The lowest BCUT2D eigenvalue weighted by molar-refractivity contribution is -0.123. The highest BCUT2D eigenvalue weighted by molar-refractivity contribution is 6.30. The average molecular weight is 580 g/mol. The van der Waals surface area contributed by atoms with Crippen LogP contribution in [0, 0.1) is 6.92 Å². The maximum Gasteiger partial charge on any atom is 0.220 e. The summed E-state index contributed by atoms with van der Waals surface area (Å²) in [6, 6.07) is 20.0. The van der Waals surface area contributed by atoms with E-state index >= 15 is 0 Å². The number of halogens is 1. The zero-order valence-corrected chi connectivity index (χ0v) is 24.7. The van der Waals surface area contributed by atoms with Gasteiger partial charge in [0.15, 0.2) is 17.0 Å². The molecule has 0 aliphatic carbocycles. The number of amides is 1.